The molecule has 2 N–H and O–H groups in total. The third-order valence-electron chi connectivity index (χ3n) is 3.32. The first-order chi connectivity index (χ1) is 8.34. The molecule has 0 radical (unpaired) electrons. The summed E-state index contributed by atoms with van der Waals surface area (Å²) < 4.78 is 28.4. The molecule has 108 valence electrons. The molecule has 0 aliphatic carbocycles. The van der Waals surface area contributed by atoms with E-state index in [9.17, 15) is 8.42 Å². The lowest BCUT2D eigenvalue weighted by Crippen LogP contribution is -2.53. The second-order valence-corrected chi connectivity index (χ2v) is 7.03. The summed E-state index contributed by atoms with van der Waals surface area (Å²) >= 11 is 0. The third-order valence-corrected chi connectivity index (χ3v) is 4.90. The van der Waals surface area contributed by atoms with Gasteiger partial charge in [0.25, 0.3) is 10.2 Å². The maximum absolute atomic E-state index is 12.1. The lowest BCUT2D eigenvalue weighted by Gasteiger charge is -2.31. The number of rotatable bonds is 6. The molecule has 1 unspecified atom stereocenters. The Morgan fingerprint density at radius 2 is 1.83 bits per heavy atom. The summed E-state index contributed by atoms with van der Waals surface area (Å²) in [5, 5.41) is 3.15. The minimum Gasteiger partial charge on any atom is -0.314 e. The van der Waals surface area contributed by atoms with Crippen LogP contribution in [0.1, 0.15) is 13.8 Å². The van der Waals surface area contributed by atoms with Crippen molar-refractivity contribution >= 4 is 10.2 Å². The van der Waals surface area contributed by atoms with E-state index in [1.54, 1.807) is 0 Å². The Morgan fingerprint density at radius 1 is 1.28 bits per heavy atom. The third kappa shape index (κ3) is 4.47. The number of nitrogens with one attached hydrogen (secondary N) is 2. The van der Waals surface area contributed by atoms with E-state index in [1.807, 2.05) is 14.1 Å². The zero-order valence-corrected chi connectivity index (χ0v) is 12.6. The molecule has 0 aromatic heterocycles. The standard InChI is InChI=1S/C11H26N4O2S/c1-10(2)11(14(3)4)9-13-18(16,17)15-7-5-12-6-8-15/h10-13H,5-9H2,1-4H3. The van der Waals surface area contributed by atoms with Crippen LogP contribution in [-0.2, 0) is 10.2 Å². The van der Waals surface area contributed by atoms with Gasteiger partial charge >= 0.3 is 0 Å². The van der Waals surface area contributed by atoms with Crippen molar-refractivity contribution in [2.24, 2.45) is 5.92 Å². The lowest BCUT2D eigenvalue weighted by atomic mass is 10.0. The highest BCUT2D eigenvalue weighted by Crippen LogP contribution is 2.07. The number of hydrogen-bond donors (Lipinski definition) is 2. The zero-order valence-electron chi connectivity index (χ0n) is 11.8. The molecule has 1 aliphatic heterocycles. The van der Waals surface area contributed by atoms with E-state index in [-0.39, 0.29) is 6.04 Å². The summed E-state index contributed by atoms with van der Waals surface area (Å²) in [5.41, 5.74) is 0. The largest absolute Gasteiger partial charge is 0.314 e. The Labute approximate surface area is 111 Å². The SMILES string of the molecule is CC(C)C(CNS(=O)(=O)N1CCNCC1)N(C)C. The maximum atomic E-state index is 12.1. The van der Waals surface area contributed by atoms with Gasteiger partial charge in [-0.3, -0.25) is 0 Å². The predicted molar refractivity (Wildman–Crippen MR) is 73.7 cm³/mol. The first-order valence-corrected chi connectivity index (χ1v) is 7.90. The summed E-state index contributed by atoms with van der Waals surface area (Å²) in [7, 11) is 0.623. The van der Waals surface area contributed by atoms with Crippen LogP contribution in [0.5, 0.6) is 0 Å². The molecule has 1 aliphatic rings. The smallest absolute Gasteiger partial charge is 0.279 e. The van der Waals surface area contributed by atoms with Gasteiger partial charge in [0.05, 0.1) is 0 Å². The van der Waals surface area contributed by atoms with Crippen molar-refractivity contribution in [2.75, 3.05) is 46.8 Å². The van der Waals surface area contributed by atoms with Gasteiger partial charge in [-0.15, -0.1) is 0 Å². The topological polar surface area (TPSA) is 64.7 Å². The van der Waals surface area contributed by atoms with Crippen LogP contribution < -0.4 is 10.0 Å². The van der Waals surface area contributed by atoms with Gasteiger partial charge in [0.2, 0.25) is 0 Å². The normalized spacial score (nSPS) is 20.6. The Hall–Kier alpha value is -0.210. The highest BCUT2D eigenvalue weighted by atomic mass is 32.2. The molecule has 0 aromatic rings. The fraction of sp³-hybridized carbons (Fsp3) is 1.00. The molecule has 1 saturated heterocycles. The molecule has 1 atom stereocenters. The van der Waals surface area contributed by atoms with Gasteiger partial charge in [0, 0.05) is 38.8 Å². The molecule has 0 bridgehead atoms. The summed E-state index contributed by atoms with van der Waals surface area (Å²) in [6.07, 6.45) is 0. The molecule has 0 aromatic carbocycles. The average Bonchev–Trinajstić information content (AvgIpc) is 2.29. The van der Waals surface area contributed by atoms with Crippen LogP contribution in [0.4, 0.5) is 0 Å². The van der Waals surface area contributed by atoms with Crippen LogP contribution >= 0.6 is 0 Å². The molecular formula is C11H26N4O2S. The summed E-state index contributed by atoms with van der Waals surface area (Å²) in [6, 6.07) is 0.211. The Balaban J connectivity index is 2.54. The molecule has 1 heterocycles. The highest BCUT2D eigenvalue weighted by molar-refractivity contribution is 7.87. The second-order valence-electron chi connectivity index (χ2n) is 5.28. The van der Waals surface area contributed by atoms with Gasteiger partial charge in [-0.2, -0.15) is 12.7 Å². The van der Waals surface area contributed by atoms with Crippen molar-refractivity contribution in [3.05, 3.63) is 0 Å². The predicted octanol–water partition coefficient (Wildman–Crippen LogP) is -0.688. The van der Waals surface area contributed by atoms with Crippen molar-refractivity contribution in [3.63, 3.8) is 0 Å². The molecular weight excluding hydrogens is 252 g/mol. The summed E-state index contributed by atoms with van der Waals surface area (Å²) in [6.45, 7) is 7.20. The van der Waals surface area contributed by atoms with Crippen molar-refractivity contribution < 1.29 is 8.42 Å². The van der Waals surface area contributed by atoms with Gasteiger partial charge in [-0.25, -0.2) is 4.72 Å². The number of piperazine rings is 1. The van der Waals surface area contributed by atoms with E-state index < -0.39 is 10.2 Å². The minimum atomic E-state index is -3.33. The fourth-order valence-electron chi connectivity index (χ4n) is 2.18. The van der Waals surface area contributed by atoms with Gasteiger partial charge in [0.15, 0.2) is 0 Å². The monoisotopic (exact) mass is 278 g/mol. The van der Waals surface area contributed by atoms with Crippen LogP contribution in [0, 0.1) is 5.92 Å². The van der Waals surface area contributed by atoms with E-state index in [2.05, 4.69) is 28.8 Å². The number of nitrogens with zero attached hydrogens (tertiary/aromatic N) is 2. The lowest BCUT2D eigenvalue weighted by molar-refractivity contribution is 0.231. The molecule has 0 saturated carbocycles. The first-order valence-electron chi connectivity index (χ1n) is 6.46. The van der Waals surface area contributed by atoms with Gasteiger partial charge in [-0.1, -0.05) is 13.8 Å². The van der Waals surface area contributed by atoms with Crippen LogP contribution in [-0.4, -0.2) is 70.5 Å². The van der Waals surface area contributed by atoms with Crippen LogP contribution in [0.15, 0.2) is 0 Å². The Bertz CT molecular complexity index is 329. The zero-order chi connectivity index (χ0) is 13.8. The Morgan fingerprint density at radius 3 is 2.28 bits per heavy atom. The maximum Gasteiger partial charge on any atom is 0.279 e. The van der Waals surface area contributed by atoms with Crippen LogP contribution in [0.25, 0.3) is 0 Å². The van der Waals surface area contributed by atoms with Gasteiger partial charge < -0.3 is 10.2 Å². The number of likely N-dealkylation sites (N-methyl/N-ethyl adjacent to an activating group) is 1. The number of hydrogen-bond acceptors (Lipinski definition) is 4. The van der Waals surface area contributed by atoms with Crippen molar-refractivity contribution in [3.8, 4) is 0 Å². The quantitative estimate of drug-likeness (QED) is 0.675. The van der Waals surface area contributed by atoms with E-state index in [0.29, 0.717) is 25.6 Å². The molecule has 7 heteroatoms. The summed E-state index contributed by atoms with van der Waals surface area (Å²) in [4.78, 5) is 2.06. The van der Waals surface area contributed by atoms with E-state index in [0.717, 1.165) is 13.1 Å². The molecule has 0 amide bonds. The van der Waals surface area contributed by atoms with Gasteiger partial charge in [-0.05, 0) is 20.0 Å². The molecule has 6 nitrogen and oxygen atoms in total. The second kappa shape index (κ2) is 6.81. The first kappa shape index (κ1) is 15.8. The molecule has 1 fully saturated rings. The van der Waals surface area contributed by atoms with Crippen LogP contribution in [0.2, 0.25) is 0 Å². The Kier molecular flexibility index (Phi) is 6.00. The van der Waals surface area contributed by atoms with E-state index in [1.165, 1.54) is 4.31 Å². The summed E-state index contributed by atoms with van der Waals surface area (Å²) in [5.74, 6) is 0.408. The van der Waals surface area contributed by atoms with E-state index >= 15 is 0 Å². The van der Waals surface area contributed by atoms with Crippen molar-refractivity contribution in [1.82, 2.24) is 19.2 Å². The van der Waals surface area contributed by atoms with Crippen LogP contribution in [0.3, 0.4) is 0 Å². The fourth-order valence-corrected chi connectivity index (χ4v) is 3.41. The van der Waals surface area contributed by atoms with Crippen molar-refractivity contribution in [1.29, 1.82) is 0 Å². The molecule has 1 rings (SSSR count). The average molecular weight is 278 g/mol. The van der Waals surface area contributed by atoms with Crippen molar-refractivity contribution in [2.45, 2.75) is 19.9 Å². The highest BCUT2D eigenvalue weighted by Gasteiger charge is 2.25. The van der Waals surface area contributed by atoms with E-state index in [4.69, 9.17) is 0 Å². The van der Waals surface area contributed by atoms with Gasteiger partial charge in [0.1, 0.15) is 0 Å². The molecule has 18 heavy (non-hydrogen) atoms. The minimum absolute atomic E-state index is 0.211. The molecule has 0 spiro atoms.